The van der Waals surface area contributed by atoms with Gasteiger partial charge in [0.1, 0.15) is 11.5 Å². The first-order valence-electron chi connectivity index (χ1n) is 8.51. The molecule has 1 amide bonds. The van der Waals surface area contributed by atoms with Crippen LogP contribution in [0.5, 0.6) is 0 Å². The second kappa shape index (κ2) is 7.78. The number of aryl methyl sites for hydroxylation is 3. The molecule has 1 aromatic heterocycles. The van der Waals surface area contributed by atoms with Crippen molar-refractivity contribution in [3.63, 3.8) is 0 Å². The monoisotopic (exact) mass is 346 g/mol. The highest BCUT2D eigenvalue weighted by molar-refractivity contribution is 5.92. The highest BCUT2D eigenvalue weighted by Crippen LogP contribution is 2.19. The van der Waals surface area contributed by atoms with Crippen LogP contribution in [0.4, 0.5) is 11.5 Å². The second-order valence-corrected chi connectivity index (χ2v) is 6.40. The van der Waals surface area contributed by atoms with E-state index in [1.54, 1.807) is 6.20 Å². The number of nitrogens with one attached hydrogen (secondary N) is 2. The molecule has 26 heavy (non-hydrogen) atoms. The van der Waals surface area contributed by atoms with Crippen LogP contribution >= 0.6 is 0 Å². The van der Waals surface area contributed by atoms with Crippen LogP contribution in [-0.4, -0.2) is 15.9 Å². The third-order valence-electron chi connectivity index (χ3n) is 4.06. The van der Waals surface area contributed by atoms with Crippen molar-refractivity contribution < 1.29 is 4.79 Å². The highest BCUT2D eigenvalue weighted by Gasteiger charge is 2.08. The van der Waals surface area contributed by atoms with Gasteiger partial charge in [-0.25, -0.2) is 9.97 Å². The average molecular weight is 346 g/mol. The van der Waals surface area contributed by atoms with Gasteiger partial charge in [0, 0.05) is 12.2 Å². The summed E-state index contributed by atoms with van der Waals surface area (Å²) in [4.78, 5) is 20.7. The Hall–Kier alpha value is -3.21. The topological polar surface area (TPSA) is 66.9 Å². The lowest BCUT2D eigenvalue weighted by molar-refractivity contribution is 0.0945. The van der Waals surface area contributed by atoms with Crippen molar-refractivity contribution in [2.75, 3.05) is 5.32 Å². The van der Waals surface area contributed by atoms with Crippen LogP contribution in [0, 0.1) is 20.8 Å². The summed E-state index contributed by atoms with van der Waals surface area (Å²) >= 11 is 0. The molecule has 2 aromatic carbocycles. The van der Waals surface area contributed by atoms with E-state index >= 15 is 0 Å². The fourth-order valence-electron chi connectivity index (χ4n) is 2.70. The lowest BCUT2D eigenvalue weighted by atomic mass is 10.1. The minimum absolute atomic E-state index is 0.239. The van der Waals surface area contributed by atoms with Gasteiger partial charge in [-0.15, -0.1) is 0 Å². The zero-order valence-corrected chi connectivity index (χ0v) is 15.2. The molecule has 2 N–H and O–H groups in total. The minimum Gasteiger partial charge on any atom is -0.347 e. The van der Waals surface area contributed by atoms with Crippen molar-refractivity contribution in [3.05, 3.63) is 82.8 Å². The number of hydrogen-bond acceptors (Lipinski definition) is 4. The van der Waals surface area contributed by atoms with E-state index < -0.39 is 0 Å². The Morgan fingerprint density at radius 1 is 0.962 bits per heavy atom. The maximum absolute atomic E-state index is 12.2. The van der Waals surface area contributed by atoms with Crippen molar-refractivity contribution in [2.24, 2.45) is 0 Å². The Morgan fingerprint density at radius 2 is 1.77 bits per heavy atom. The number of carbonyl (C=O) groups is 1. The fourth-order valence-corrected chi connectivity index (χ4v) is 2.70. The van der Waals surface area contributed by atoms with Crippen molar-refractivity contribution in [3.8, 4) is 0 Å². The highest BCUT2D eigenvalue weighted by atomic mass is 16.1. The van der Waals surface area contributed by atoms with Gasteiger partial charge in [0.05, 0.1) is 12.4 Å². The average Bonchev–Trinajstić information content (AvgIpc) is 2.63. The van der Waals surface area contributed by atoms with Gasteiger partial charge >= 0.3 is 0 Å². The van der Waals surface area contributed by atoms with Crippen LogP contribution in [-0.2, 0) is 6.54 Å². The standard InChI is InChI=1S/C21H22N4O/c1-14-5-4-6-17(10-14)11-24-21(26)19-12-23-20(13-22-19)25-18-8-7-15(2)9-16(18)3/h4-10,12-13H,11H2,1-3H3,(H,23,25)(H,24,26). The normalized spacial score (nSPS) is 10.4. The molecule has 0 fully saturated rings. The number of carbonyl (C=O) groups excluding carboxylic acids is 1. The van der Waals surface area contributed by atoms with Gasteiger partial charge in [0.25, 0.3) is 5.91 Å². The Morgan fingerprint density at radius 3 is 2.46 bits per heavy atom. The number of rotatable bonds is 5. The van der Waals surface area contributed by atoms with Gasteiger partial charge in [-0.2, -0.15) is 0 Å². The molecular weight excluding hydrogens is 324 g/mol. The summed E-state index contributed by atoms with van der Waals surface area (Å²) in [5.74, 6) is 0.365. The van der Waals surface area contributed by atoms with Crippen LogP contribution in [0.2, 0.25) is 0 Å². The summed E-state index contributed by atoms with van der Waals surface area (Å²) in [7, 11) is 0. The number of anilines is 2. The van der Waals surface area contributed by atoms with E-state index in [0.717, 1.165) is 16.8 Å². The van der Waals surface area contributed by atoms with Crippen LogP contribution in [0.15, 0.2) is 54.9 Å². The second-order valence-electron chi connectivity index (χ2n) is 6.40. The lowest BCUT2D eigenvalue weighted by Crippen LogP contribution is -2.24. The molecule has 0 radical (unpaired) electrons. The van der Waals surface area contributed by atoms with Crippen LogP contribution in [0.1, 0.15) is 32.7 Å². The third-order valence-corrected chi connectivity index (χ3v) is 4.06. The molecule has 132 valence electrons. The SMILES string of the molecule is Cc1cccc(CNC(=O)c2cnc(Nc3ccc(C)cc3C)cn2)c1. The van der Waals surface area contributed by atoms with Crippen LogP contribution in [0.3, 0.4) is 0 Å². The third kappa shape index (κ3) is 4.45. The number of hydrogen-bond donors (Lipinski definition) is 2. The predicted molar refractivity (Wildman–Crippen MR) is 104 cm³/mol. The molecular formula is C21H22N4O. The van der Waals surface area contributed by atoms with Gasteiger partial charge in [0.15, 0.2) is 0 Å². The van der Waals surface area contributed by atoms with Gasteiger partial charge < -0.3 is 10.6 Å². The van der Waals surface area contributed by atoms with Crippen LogP contribution in [0.25, 0.3) is 0 Å². The van der Waals surface area contributed by atoms with E-state index in [9.17, 15) is 4.79 Å². The number of aromatic nitrogens is 2. The number of amides is 1. The van der Waals surface area contributed by atoms with Gasteiger partial charge in [0.2, 0.25) is 0 Å². The summed E-state index contributed by atoms with van der Waals surface area (Å²) < 4.78 is 0. The summed E-state index contributed by atoms with van der Waals surface area (Å²) in [5.41, 5.74) is 5.83. The molecule has 5 heteroatoms. The first-order chi connectivity index (χ1) is 12.5. The van der Waals surface area contributed by atoms with Gasteiger partial charge in [-0.1, -0.05) is 47.5 Å². The Kier molecular flexibility index (Phi) is 5.27. The maximum Gasteiger partial charge on any atom is 0.271 e. The van der Waals surface area contributed by atoms with Gasteiger partial charge in [-0.3, -0.25) is 4.79 Å². The Bertz CT molecular complexity index is 920. The maximum atomic E-state index is 12.2. The first kappa shape index (κ1) is 17.6. The van der Waals surface area contributed by atoms with E-state index in [0.29, 0.717) is 18.1 Å². The summed E-state index contributed by atoms with van der Waals surface area (Å²) in [5, 5.41) is 6.09. The summed E-state index contributed by atoms with van der Waals surface area (Å²) in [6, 6.07) is 14.2. The Balaban J connectivity index is 1.62. The zero-order chi connectivity index (χ0) is 18.5. The molecule has 0 bridgehead atoms. The van der Waals surface area contributed by atoms with Crippen LogP contribution < -0.4 is 10.6 Å². The fraction of sp³-hybridized carbons (Fsp3) is 0.190. The molecule has 3 aromatic rings. The number of benzene rings is 2. The van der Waals surface area contributed by atoms with Crippen molar-refractivity contribution in [1.82, 2.24) is 15.3 Å². The smallest absolute Gasteiger partial charge is 0.271 e. The largest absolute Gasteiger partial charge is 0.347 e. The molecule has 0 atom stereocenters. The molecule has 3 rings (SSSR count). The molecule has 0 saturated heterocycles. The Labute approximate surface area is 153 Å². The predicted octanol–water partition coefficient (Wildman–Crippen LogP) is 4.08. The molecule has 0 aliphatic rings. The zero-order valence-electron chi connectivity index (χ0n) is 15.2. The van der Waals surface area contributed by atoms with E-state index in [2.05, 4.69) is 33.6 Å². The van der Waals surface area contributed by atoms with E-state index in [1.807, 2.05) is 50.2 Å². The number of nitrogens with zero attached hydrogens (tertiary/aromatic N) is 2. The van der Waals surface area contributed by atoms with Crippen molar-refractivity contribution in [1.29, 1.82) is 0 Å². The quantitative estimate of drug-likeness (QED) is 0.731. The minimum atomic E-state index is -0.239. The van der Waals surface area contributed by atoms with E-state index in [-0.39, 0.29) is 5.91 Å². The van der Waals surface area contributed by atoms with Crippen molar-refractivity contribution >= 4 is 17.4 Å². The summed E-state index contributed by atoms with van der Waals surface area (Å²) in [6.07, 6.45) is 3.05. The lowest BCUT2D eigenvalue weighted by Gasteiger charge is -2.10. The van der Waals surface area contributed by atoms with Crippen molar-refractivity contribution in [2.45, 2.75) is 27.3 Å². The van der Waals surface area contributed by atoms with E-state index in [4.69, 9.17) is 0 Å². The first-order valence-corrected chi connectivity index (χ1v) is 8.51. The molecule has 0 aliphatic heterocycles. The van der Waals surface area contributed by atoms with Gasteiger partial charge in [-0.05, 0) is 38.0 Å². The summed E-state index contributed by atoms with van der Waals surface area (Å²) in [6.45, 7) is 6.58. The molecule has 1 heterocycles. The molecule has 0 spiro atoms. The molecule has 0 unspecified atom stereocenters. The molecule has 5 nitrogen and oxygen atoms in total. The van der Waals surface area contributed by atoms with E-state index in [1.165, 1.54) is 17.3 Å². The molecule has 0 aliphatic carbocycles. The molecule has 0 saturated carbocycles.